The van der Waals surface area contributed by atoms with Gasteiger partial charge in [0.2, 0.25) is 0 Å². The number of nitrogens with two attached hydrogens (primary N) is 1. The van der Waals surface area contributed by atoms with Crippen molar-refractivity contribution in [2.75, 3.05) is 11.9 Å². The van der Waals surface area contributed by atoms with E-state index in [1.807, 2.05) is 12.1 Å². The van der Waals surface area contributed by atoms with Crippen molar-refractivity contribution in [1.29, 1.82) is 0 Å². The predicted molar refractivity (Wildman–Crippen MR) is 64.1 cm³/mol. The number of rotatable bonds is 4. The number of hydrogen-bond acceptors (Lipinski definition) is 5. The Hall–Kier alpha value is -1.75. The normalized spacial score (nSPS) is 12.6. The Morgan fingerprint density at radius 3 is 2.94 bits per heavy atom. The molecule has 0 fully saturated rings. The Labute approximate surface area is 94.1 Å². The van der Waals surface area contributed by atoms with E-state index in [0.717, 1.165) is 17.8 Å². The second-order valence-electron chi connectivity index (χ2n) is 3.72. The summed E-state index contributed by atoms with van der Waals surface area (Å²) in [5.74, 6) is 0.814. The molecule has 0 aliphatic rings. The van der Waals surface area contributed by atoms with E-state index in [0.29, 0.717) is 18.2 Å². The molecule has 84 valence electrons. The van der Waals surface area contributed by atoms with Crippen LogP contribution >= 0.6 is 0 Å². The number of nitrogens with one attached hydrogen (secondary N) is 1. The zero-order valence-electron chi connectivity index (χ0n) is 9.22. The molecule has 0 saturated heterocycles. The zero-order valence-corrected chi connectivity index (χ0v) is 9.22. The third-order valence-electron chi connectivity index (χ3n) is 2.33. The van der Waals surface area contributed by atoms with E-state index < -0.39 is 0 Å². The smallest absolute Gasteiger partial charge is 0.180 e. The van der Waals surface area contributed by atoms with Gasteiger partial charge in [0, 0.05) is 18.4 Å². The molecule has 0 aromatic carbocycles. The number of hydrogen-bond donors (Lipinski definition) is 2. The van der Waals surface area contributed by atoms with E-state index in [9.17, 15) is 0 Å². The molecule has 16 heavy (non-hydrogen) atoms. The Morgan fingerprint density at radius 2 is 2.12 bits per heavy atom. The van der Waals surface area contributed by atoms with Gasteiger partial charge in [-0.3, -0.25) is 4.98 Å². The molecule has 0 saturated carbocycles. The van der Waals surface area contributed by atoms with Crippen LogP contribution in [0.25, 0.3) is 11.2 Å². The van der Waals surface area contributed by atoms with Crippen LogP contribution < -0.4 is 11.1 Å². The van der Waals surface area contributed by atoms with Gasteiger partial charge in [0.05, 0.1) is 0 Å². The fourth-order valence-electron chi connectivity index (χ4n) is 1.51. The molecule has 0 amide bonds. The minimum Gasteiger partial charge on any atom is -0.367 e. The first kappa shape index (κ1) is 10.8. The lowest BCUT2D eigenvalue weighted by Gasteiger charge is -2.13. The summed E-state index contributed by atoms with van der Waals surface area (Å²) in [4.78, 5) is 12.7. The van der Waals surface area contributed by atoms with Gasteiger partial charge in [0.25, 0.3) is 0 Å². The van der Waals surface area contributed by atoms with E-state index in [-0.39, 0.29) is 0 Å². The SMILES string of the molecule is CC(CCN)Nc1ccc2nccnc2n1. The first-order valence-corrected chi connectivity index (χ1v) is 5.34. The first-order valence-electron chi connectivity index (χ1n) is 5.34. The van der Waals surface area contributed by atoms with Crippen LogP contribution in [0, 0.1) is 0 Å². The first-order chi connectivity index (χ1) is 7.79. The molecule has 2 rings (SSSR count). The Bertz CT molecular complexity index is 471. The molecule has 0 aliphatic carbocycles. The number of anilines is 1. The van der Waals surface area contributed by atoms with Gasteiger partial charge >= 0.3 is 0 Å². The van der Waals surface area contributed by atoms with Gasteiger partial charge in [-0.25, -0.2) is 9.97 Å². The second-order valence-corrected chi connectivity index (χ2v) is 3.72. The van der Waals surface area contributed by atoms with Crippen LogP contribution in [0.4, 0.5) is 5.82 Å². The summed E-state index contributed by atoms with van der Waals surface area (Å²) in [6, 6.07) is 4.13. The van der Waals surface area contributed by atoms with Gasteiger partial charge in [0.1, 0.15) is 11.3 Å². The number of nitrogens with zero attached hydrogens (tertiary/aromatic N) is 3. The maximum Gasteiger partial charge on any atom is 0.180 e. The standard InChI is InChI=1S/C11H15N5/c1-8(4-5-12)15-10-3-2-9-11(16-10)14-7-6-13-9/h2-3,6-8H,4-5,12H2,1H3,(H,14,15,16). The summed E-state index contributed by atoms with van der Waals surface area (Å²) >= 11 is 0. The van der Waals surface area contributed by atoms with Crippen molar-refractivity contribution in [3.05, 3.63) is 24.5 Å². The van der Waals surface area contributed by atoms with Gasteiger partial charge in [-0.05, 0) is 32.0 Å². The zero-order chi connectivity index (χ0) is 11.4. The minimum absolute atomic E-state index is 0.312. The number of aromatic nitrogens is 3. The van der Waals surface area contributed by atoms with Crippen molar-refractivity contribution in [3.63, 3.8) is 0 Å². The molecule has 1 atom stereocenters. The van der Waals surface area contributed by atoms with Crippen LogP contribution in [0.1, 0.15) is 13.3 Å². The Balaban J connectivity index is 2.19. The van der Waals surface area contributed by atoms with Gasteiger partial charge in [-0.15, -0.1) is 0 Å². The Kier molecular flexibility index (Phi) is 3.26. The maximum absolute atomic E-state index is 5.49. The van der Waals surface area contributed by atoms with Gasteiger partial charge in [-0.2, -0.15) is 0 Å². The van der Waals surface area contributed by atoms with Crippen molar-refractivity contribution in [2.45, 2.75) is 19.4 Å². The topological polar surface area (TPSA) is 76.7 Å². The third-order valence-corrected chi connectivity index (χ3v) is 2.33. The highest BCUT2D eigenvalue weighted by Crippen LogP contribution is 2.11. The van der Waals surface area contributed by atoms with Crippen molar-refractivity contribution in [2.24, 2.45) is 5.73 Å². The van der Waals surface area contributed by atoms with E-state index in [4.69, 9.17) is 5.73 Å². The molecule has 0 bridgehead atoms. The molecule has 5 heteroatoms. The molecular formula is C11H15N5. The van der Waals surface area contributed by atoms with Crippen LogP contribution in [0.3, 0.4) is 0 Å². The largest absolute Gasteiger partial charge is 0.367 e. The Morgan fingerprint density at radius 1 is 1.31 bits per heavy atom. The summed E-state index contributed by atoms with van der Waals surface area (Å²) in [5.41, 5.74) is 6.96. The molecule has 0 radical (unpaired) electrons. The third kappa shape index (κ3) is 2.43. The summed E-state index contributed by atoms with van der Waals surface area (Å²) in [6.45, 7) is 2.75. The second kappa shape index (κ2) is 4.85. The van der Waals surface area contributed by atoms with Crippen molar-refractivity contribution in [1.82, 2.24) is 15.0 Å². The molecule has 5 nitrogen and oxygen atoms in total. The average Bonchev–Trinajstić information content (AvgIpc) is 2.29. The van der Waals surface area contributed by atoms with Crippen LogP contribution in [0.15, 0.2) is 24.5 Å². The molecular weight excluding hydrogens is 202 g/mol. The van der Waals surface area contributed by atoms with Gasteiger partial charge in [-0.1, -0.05) is 0 Å². The maximum atomic E-state index is 5.49. The number of fused-ring (bicyclic) bond motifs is 1. The van der Waals surface area contributed by atoms with Crippen molar-refractivity contribution < 1.29 is 0 Å². The van der Waals surface area contributed by atoms with E-state index >= 15 is 0 Å². The van der Waals surface area contributed by atoms with Crippen molar-refractivity contribution in [3.8, 4) is 0 Å². The van der Waals surface area contributed by atoms with Crippen LogP contribution in [-0.2, 0) is 0 Å². The summed E-state index contributed by atoms with van der Waals surface area (Å²) in [6.07, 6.45) is 4.22. The molecule has 0 aliphatic heterocycles. The highest BCUT2D eigenvalue weighted by Gasteiger charge is 2.03. The van der Waals surface area contributed by atoms with Crippen molar-refractivity contribution >= 4 is 17.0 Å². The monoisotopic (exact) mass is 217 g/mol. The summed E-state index contributed by atoms with van der Waals surface area (Å²) in [5, 5.41) is 3.28. The molecule has 2 aromatic rings. The fraction of sp³-hybridized carbons (Fsp3) is 0.364. The minimum atomic E-state index is 0.312. The molecule has 3 N–H and O–H groups in total. The summed E-state index contributed by atoms with van der Waals surface area (Å²) < 4.78 is 0. The molecule has 0 spiro atoms. The lowest BCUT2D eigenvalue weighted by atomic mass is 10.2. The highest BCUT2D eigenvalue weighted by molar-refractivity contribution is 5.71. The lowest BCUT2D eigenvalue weighted by molar-refractivity contribution is 0.714. The van der Waals surface area contributed by atoms with Crippen LogP contribution in [0.5, 0.6) is 0 Å². The van der Waals surface area contributed by atoms with Crippen LogP contribution in [0.2, 0.25) is 0 Å². The molecule has 1 unspecified atom stereocenters. The number of pyridine rings is 1. The molecule has 2 aromatic heterocycles. The van der Waals surface area contributed by atoms with E-state index in [2.05, 4.69) is 27.2 Å². The molecule has 2 heterocycles. The van der Waals surface area contributed by atoms with Gasteiger partial charge < -0.3 is 11.1 Å². The predicted octanol–water partition coefficient (Wildman–Crippen LogP) is 1.17. The van der Waals surface area contributed by atoms with E-state index in [1.54, 1.807) is 12.4 Å². The van der Waals surface area contributed by atoms with E-state index in [1.165, 1.54) is 0 Å². The highest BCUT2D eigenvalue weighted by atomic mass is 15.0. The summed E-state index contributed by atoms with van der Waals surface area (Å²) in [7, 11) is 0. The fourth-order valence-corrected chi connectivity index (χ4v) is 1.51. The van der Waals surface area contributed by atoms with Crippen LogP contribution in [-0.4, -0.2) is 27.5 Å². The quantitative estimate of drug-likeness (QED) is 0.804. The average molecular weight is 217 g/mol. The lowest BCUT2D eigenvalue weighted by Crippen LogP contribution is -2.19. The van der Waals surface area contributed by atoms with Gasteiger partial charge in [0.15, 0.2) is 5.65 Å².